The van der Waals surface area contributed by atoms with Crippen LogP contribution in [0.15, 0.2) is 67.0 Å². The first-order valence-corrected chi connectivity index (χ1v) is 9.34. The number of esters is 2. The molecule has 0 radical (unpaired) electrons. The second kappa shape index (κ2) is 9.22. The smallest absolute Gasteiger partial charge is 0.331 e. The van der Waals surface area contributed by atoms with Gasteiger partial charge in [-0.3, -0.25) is 9.59 Å². The zero-order chi connectivity index (χ0) is 20.7. The third-order valence-corrected chi connectivity index (χ3v) is 4.79. The van der Waals surface area contributed by atoms with Gasteiger partial charge in [-0.15, -0.1) is 0 Å². The van der Waals surface area contributed by atoms with Crippen molar-refractivity contribution in [1.29, 1.82) is 0 Å². The average Bonchev–Trinajstić information content (AvgIpc) is 2.78. The van der Waals surface area contributed by atoms with Crippen molar-refractivity contribution in [3.63, 3.8) is 0 Å². The molecule has 1 heterocycles. The Labute approximate surface area is 166 Å². The molecule has 0 fully saturated rings. The standard InChI is InChI=1S/C21H21NO4.C2H6/c1-15(17-10-6-8-16-7-4-5-9-18(16)17)22-13-11-21(12-14-22,19(23)25-2)20(24)26-3;1-2/h4-15H,1-3H3;1-2H3/t15-;/m1./s1. The third kappa shape index (κ3) is 3.79. The van der Waals surface area contributed by atoms with Gasteiger partial charge in [0.25, 0.3) is 0 Å². The fourth-order valence-corrected chi connectivity index (χ4v) is 3.24. The SMILES string of the molecule is CC.COC(=O)C1(C(=O)OC)C=CN([C@H](C)c2cccc3ccccc23)C=C1. The van der Waals surface area contributed by atoms with Crippen LogP contribution in [0.2, 0.25) is 0 Å². The Morgan fingerprint density at radius 1 is 0.893 bits per heavy atom. The minimum atomic E-state index is -1.54. The summed E-state index contributed by atoms with van der Waals surface area (Å²) in [5, 5.41) is 2.34. The number of fused-ring (bicyclic) bond motifs is 1. The van der Waals surface area contributed by atoms with Crippen molar-refractivity contribution in [3.05, 3.63) is 72.6 Å². The van der Waals surface area contributed by atoms with Gasteiger partial charge in [-0.2, -0.15) is 0 Å². The molecule has 0 unspecified atom stereocenters. The van der Waals surface area contributed by atoms with Crippen molar-refractivity contribution in [3.8, 4) is 0 Å². The van der Waals surface area contributed by atoms with Crippen LogP contribution >= 0.6 is 0 Å². The molecule has 0 bridgehead atoms. The van der Waals surface area contributed by atoms with Gasteiger partial charge in [0.1, 0.15) is 0 Å². The summed E-state index contributed by atoms with van der Waals surface area (Å²) in [7, 11) is 2.50. The molecule has 0 saturated carbocycles. The second-order valence-corrected chi connectivity index (χ2v) is 6.18. The first kappa shape index (κ1) is 21.2. The number of ether oxygens (including phenoxy) is 2. The highest BCUT2D eigenvalue weighted by Gasteiger charge is 2.45. The van der Waals surface area contributed by atoms with E-state index in [0.29, 0.717) is 0 Å². The number of benzene rings is 2. The van der Waals surface area contributed by atoms with Crippen molar-refractivity contribution in [2.24, 2.45) is 5.41 Å². The van der Waals surface area contributed by atoms with Crippen molar-refractivity contribution in [2.45, 2.75) is 26.8 Å². The Balaban J connectivity index is 0.00000136. The van der Waals surface area contributed by atoms with Crippen LogP contribution < -0.4 is 0 Å². The molecule has 1 atom stereocenters. The Morgan fingerprint density at radius 2 is 1.43 bits per heavy atom. The zero-order valence-corrected chi connectivity index (χ0v) is 17.0. The molecule has 2 aromatic rings. The van der Waals surface area contributed by atoms with Gasteiger partial charge in [-0.1, -0.05) is 56.3 Å². The van der Waals surface area contributed by atoms with E-state index in [-0.39, 0.29) is 6.04 Å². The van der Waals surface area contributed by atoms with E-state index >= 15 is 0 Å². The highest BCUT2D eigenvalue weighted by molar-refractivity contribution is 6.04. The summed E-state index contributed by atoms with van der Waals surface area (Å²) in [6.45, 7) is 6.07. The van der Waals surface area contributed by atoms with Crippen LogP contribution in [0.1, 0.15) is 32.4 Å². The number of rotatable bonds is 4. The number of hydrogen-bond donors (Lipinski definition) is 0. The van der Waals surface area contributed by atoms with Crippen LogP contribution in [0, 0.1) is 5.41 Å². The van der Waals surface area contributed by atoms with Crippen LogP contribution in [0.5, 0.6) is 0 Å². The summed E-state index contributed by atoms with van der Waals surface area (Å²) in [6, 6.07) is 14.4. The number of carbonyl (C=O) groups excluding carboxylic acids is 2. The fourth-order valence-electron chi connectivity index (χ4n) is 3.24. The number of hydrogen-bond acceptors (Lipinski definition) is 5. The van der Waals surface area contributed by atoms with Gasteiger partial charge in [0.05, 0.1) is 20.3 Å². The molecule has 5 heteroatoms. The lowest BCUT2D eigenvalue weighted by Crippen LogP contribution is -2.40. The Morgan fingerprint density at radius 3 is 2.00 bits per heavy atom. The largest absolute Gasteiger partial charge is 0.468 e. The predicted molar refractivity (Wildman–Crippen MR) is 110 cm³/mol. The quantitative estimate of drug-likeness (QED) is 0.572. The van der Waals surface area contributed by atoms with Gasteiger partial charge in [-0.05, 0) is 35.4 Å². The van der Waals surface area contributed by atoms with Gasteiger partial charge >= 0.3 is 11.9 Å². The highest BCUT2D eigenvalue weighted by Crippen LogP contribution is 2.34. The highest BCUT2D eigenvalue weighted by atomic mass is 16.5. The summed E-state index contributed by atoms with van der Waals surface area (Å²) in [5.74, 6) is -1.34. The molecule has 1 aliphatic heterocycles. The molecule has 148 valence electrons. The maximum Gasteiger partial charge on any atom is 0.331 e. The average molecular weight is 381 g/mol. The molecule has 0 saturated heterocycles. The van der Waals surface area contributed by atoms with E-state index in [1.54, 1.807) is 12.4 Å². The Kier molecular flexibility index (Phi) is 6.99. The van der Waals surface area contributed by atoms with Gasteiger partial charge in [0, 0.05) is 12.4 Å². The molecule has 0 aliphatic carbocycles. The van der Waals surface area contributed by atoms with Gasteiger partial charge < -0.3 is 14.4 Å². The van der Waals surface area contributed by atoms with Crippen molar-refractivity contribution < 1.29 is 19.1 Å². The molecule has 3 rings (SSSR count). The number of methoxy groups -OCH3 is 2. The molecule has 0 amide bonds. The molecular weight excluding hydrogens is 354 g/mol. The lowest BCUT2D eigenvalue weighted by Gasteiger charge is -2.32. The molecular formula is C23H27NO4. The maximum absolute atomic E-state index is 12.2. The van der Waals surface area contributed by atoms with Gasteiger partial charge in [-0.25, -0.2) is 0 Å². The molecule has 0 aromatic heterocycles. The predicted octanol–water partition coefficient (Wildman–Crippen LogP) is 4.60. The maximum atomic E-state index is 12.2. The van der Waals surface area contributed by atoms with Crippen molar-refractivity contribution in [1.82, 2.24) is 4.90 Å². The van der Waals surface area contributed by atoms with Crippen LogP contribution in [0.4, 0.5) is 0 Å². The van der Waals surface area contributed by atoms with E-state index in [2.05, 4.69) is 31.2 Å². The monoisotopic (exact) mass is 381 g/mol. The lowest BCUT2D eigenvalue weighted by atomic mass is 9.86. The van der Waals surface area contributed by atoms with E-state index < -0.39 is 17.4 Å². The Hall–Kier alpha value is -3.08. The third-order valence-electron chi connectivity index (χ3n) is 4.79. The van der Waals surface area contributed by atoms with Crippen LogP contribution in [0.25, 0.3) is 10.8 Å². The molecule has 1 aliphatic rings. The van der Waals surface area contributed by atoms with E-state index in [1.807, 2.05) is 36.9 Å². The second-order valence-electron chi connectivity index (χ2n) is 6.18. The molecule has 28 heavy (non-hydrogen) atoms. The molecule has 0 N–H and O–H groups in total. The summed E-state index contributed by atoms with van der Waals surface area (Å²) < 4.78 is 9.59. The summed E-state index contributed by atoms with van der Waals surface area (Å²) >= 11 is 0. The minimum Gasteiger partial charge on any atom is -0.468 e. The van der Waals surface area contributed by atoms with E-state index in [4.69, 9.17) is 9.47 Å². The van der Waals surface area contributed by atoms with Gasteiger partial charge in [0.15, 0.2) is 0 Å². The lowest BCUT2D eigenvalue weighted by molar-refractivity contribution is -0.161. The van der Waals surface area contributed by atoms with Crippen molar-refractivity contribution >= 4 is 22.7 Å². The fraction of sp³-hybridized carbons (Fsp3) is 0.304. The summed E-state index contributed by atoms with van der Waals surface area (Å²) in [6.07, 6.45) is 6.49. The molecule has 0 spiro atoms. The first-order valence-electron chi connectivity index (χ1n) is 9.34. The van der Waals surface area contributed by atoms with Crippen LogP contribution in [0.3, 0.4) is 0 Å². The van der Waals surface area contributed by atoms with E-state index in [1.165, 1.54) is 37.1 Å². The number of nitrogens with zero attached hydrogens (tertiary/aromatic N) is 1. The summed E-state index contributed by atoms with van der Waals surface area (Å²) in [4.78, 5) is 26.3. The van der Waals surface area contributed by atoms with E-state index in [0.717, 1.165) is 5.56 Å². The first-order chi connectivity index (χ1) is 13.5. The Bertz CT molecular complexity index is 863. The normalized spacial score (nSPS) is 15.4. The van der Waals surface area contributed by atoms with E-state index in [9.17, 15) is 9.59 Å². The summed E-state index contributed by atoms with van der Waals surface area (Å²) in [5.41, 5.74) is -0.389. The van der Waals surface area contributed by atoms with Crippen LogP contribution in [-0.2, 0) is 19.1 Å². The number of carbonyl (C=O) groups is 2. The molecule has 5 nitrogen and oxygen atoms in total. The minimum absolute atomic E-state index is 0.0156. The van der Waals surface area contributed by atoms with Gasteiger partial charge in [0.2, 0.25) is 5.41 Å². The molecule has 2 aromatic carbocycles. The zero-order valence-electron chi connectivity index (χ0n) is 17.0. The van der Waals surface area contributed by atoms with Crippen LogP contribution in [-0.4, -0.2) is 31.1 Å². The topological polar surface area (TPSA) is 55.8 Å². The van der Waals surface area contributed by atoms with Crippen molar-refractivity contribution in [2.75, 3.05) is 14.2 Å².